The number of rotatable bonds is 1. The summed E-state index contributed by atoms with van der Waals surface area (Å²) in [5.74, 6) is 0. The molecule has 2 aromatic rings. The van der Waals surface area contributed by atoms with Crippen molar-refractivity contribution in [1.29, 1.82) is 0 Å². The smallest absolute Gasteiger partial charge is 0.0838 e. The summed E-state index contributed by atoms with van der Waals surface area (Å²) in [7, 11) is 0. The second-order valence-electron chi connectivity index (χ2n) is 4.90. The Kier molecular flexibility index (Phi) is 2.32. The highest BCUT2D eigenvalue weighted by molar-refractivity contribution is 9.10. The lowest BCUT2D eigenvalue weighted by molar-refractivity contribution is 0.0717. The van der Waals surface area contributed by atoms with Gasteiger partial charge in [-0.05, 0) is 58.1 Å². The molecule has 0 radical (unpaired) electrons. The minimum absolute atomic E-state index is 0.320. The van der Waals surface area contributed by atoms with Crippen LogP contribution in [0.25, 0.3) is 11.3 Å². The standard InChI is InChI=1S/C15H12BrNO/c16-10-2-4-13(17-8-10)9-1-3-11-12(7-9)15-6-5-14(11)18-15/h1-4,7-8,14-15H,5-6H2. The molecule has 0 amide bonds. The summed E-state index contributed by atoms with van der Waals surface area (Å²) in [4.78, 5) is 4.45. The molecule has 4 rings (SSSR count). The van der Waals surface area contributed by atoms with Gasteiger partial charge >= 0.3 is 0 Å². The Labute approximate surface area is 114 Å². The maximum atomic E-state index is 5.92. The molecule has 0 spiro atoms. The lowest BCUT2D eigenvalue weighted by Gasteiger charge is -2.12. The van der Waals surface area contributed by atoms with Gasteiger partial charge in [0.15, 0.2) is 0 Å². The molecular weight excluding hydrogens is 290 g/mol. The molecule has 90 valence electrons. The van der Waals surface area contributed by atoms with Crippen LogP contribution in [-0.4, -0.2) is 4.98 Å². The predicted octanol–water partition coefficient (Wildman–Crippen LogP) is 4.42. The molecule has 3 heterocycles. The van der Waals surface area contributed by atoms with Gasteiger partial charge in [-0.3, -0.25) is 4.98 Å². The van der Waals surface area contributed by atoms with Crippen molar-refractivity contribution in [3.63, 3.8) is 0 Å². The van der Waals surface area contributed by atoms with Crippen LogP contribution in [0.1, 0.15) is 36.2 Å². The molecule has 3 heteroatoms. The van der Waals surface area contributed by atoms with Gasteiger partial charge in [-0.2, -0.15) is 0 Å². The molecule has 2 atom stereocenters. The van der Waals surface area contributed by atoms with E-state index in [0.717, 1.165) is 16.6 Å². The molecule has 2 aliphatic rings. The van der Waals surface area contributed by atoms with Crippen LogP contribution in [0.3, 0.4) is 0 Å². The summed E-state index contributed by atoms with van der Waals surface area (Å²) in [6.45, 7) is 0. The fourth-order valence-electron chi connectivity index (χ4n) is 2.95. The second kappa shape index (κ2) is 3.90. The van der Waals surface area contributed by atoms with E-state index in [1.54, 1.807) is 0 Å². The number of aromatic nitrogens is 1. The van der Waals surface area contributed by atoms with Gasteiger partial charge < -0.3 is 4.74 Å². The third-order valence-corrected chi connectivity index (χ3v) is 4.29. The van der Waals surface area contributed by atoms with Crippen molar-refractivity contribution in [3.05, 3.63) is 52.1 Å². The van der Waals surface area contributed by atoms with Crippen LogP contribution in [-0.2, 0) is 4.74 Å². The third kappa shape index (κ3) is 1.54. The number of nitrogens with zero attached hydrogens (tertiary/aromatic N) is 1. The number of hydrogen-bond donors (Lipinski definition) is 0. The van der Waals surface area contributed by atoms with Gasteiger partial charge in [-0.25, -0.2) is 0 Å². The van der Waals surface area contributed by atoms with E-state index in [-0.39, 0.29) is 0 Å². The molecule has 1 aromatic carbocycles. The molecule has 2 bridgehead atoms. The highest BCUT2D eigenvalue weighted by Gasteiger charge is 2.37. The molecule has 0 saturated carbocycles. The molecule has 0 aliphatic carbocycles. The summed E-state index contributed by atoms with van der Waals surface area (Å²) < 4.78 is 6.93. The quantitative estimate of drug-likeness (QED) is 0.778. The Balaban J connectivity index is 1.80. The predicted molar refractivity (Wildman–Crippen MR) is 73.2 cm³/mol. The van der Waals surface area contributed by atoms with Crippen LogP contribution in [0.4, 0.5) is 0 Å². The summed E-state index contributed by atoms with van der Waals surface area (Å²) in [5.41, 5.74) is 4.95. The van der Waals surface area contributed by atoms with E-state index >= 15 is 0 Å². The summed E-state index contributed by atoms with van der Waals surface area (Å²) in [5, 5.41) is 0. The first-order valence-corrected chi connectivity index (χ1v) is 7.02. The van der Waals surface area contributed by atoms with Gasteiger partial charge in [0.1, 0.15) is 0 Å². The number of pyridine rings is 1. The average Bonchev–Trinajstić information content (AvgIpc) is 3.01. The monoisotopic (exact) mass is 301 g/mol. The minimum atomic E-state index is 0.320. The SMILES string of the molecule is Brc1ccc(-c2ccc3c(c2)C2CCC3O2)nc1. The van der Waals surface area contributed by atoms with Gasteiger partial charge in [-0.1, -0.05) is 12.1 Å². The average molecular weight is 302 g/mol. The van der Waals surface area contributed by atoms with Crippen molar-refractivity contribution in [2.75, 3.05) is 0 Å². The number of ether oxygens (including phenoxy) is 1. The van der Waals surface area contributed by atoms with E-state index in [0.29, 0.717) is 12.2 Å². The lowest BCUT2D eigenvalue weighted by atomic mass is 9.90. The maximum absolute atomic E-state index is 5.92. The van der Waals surface area contributed by atoms with Gasteiger partial charge in [0.2, 0.25) is 0 Å². The first kappa shape index (κ1) is 10.7. The van der Waals surface area contributed by atoms with Crippen LogP contribution in [0, 0.1) is 0 Å². The van der Waals surface area contributed by atoms with Crippen LogP contribution < -0.4 is 0 Å². The van der Waals surface area contributed by atoms with Crippen molar-refractivity contribution in [1.82, 2.24) is 4.98 Å². The van der Waals surface area contributed by atoms with Crippen molar-refractivity contribution in [3.8, 4) is 11.3 Å². The zero-order chi connectivity index (χ0) is 12.1. The van der Waals surface area contributed by atoms with Crippen LogP contribution in [0.15, 0.2) is 41.0 Å². The Bertz CT molecular complexity index is 608. The van der Waals surface area contributed by atoms with E-state index in [1.165, 1.54) is 23.1 Å². The lowest BCUT2D eigenvalue weighted by Crippen LogP contribution is -1.98. The number of halogens is 1. The Morgan fingerprint density at radius 2 is 1.89 bits per heavy atom. The zero-order valence-corrected chi connectivity index (χ0v) is 11.4. The van der Waals surface area contributed by atoms with E-state index in [9.17, 15) is 0 Å². The van der Waals surface area contributed by atoms with Crippen molar-refractivity contribution in [2.45, 2.75) is 25.0 Å². The first-order chi connectivity index (χ1) is 8.81. The maximum Gasteiger partial charge on any atom is 0.0838 e. The highest BCUT2D eigenvalue weighted by Crippen LogP contribution is 2.51. The molecule has 0 N–H and O–H groups in total. The normalized spacial score (nSPS) is 24.3. The Morgan fingerprint density at radius 1 is 1.06 bits per heavy atom. The minimum Gasteiger partial charge on any atom is -0.366 e. The molecular formula is C15H12BrNO. The molecule has 1 saturated heterocycles. The van der Waals surface area contributed by atoms with Gasteiger partial charge in [-0.15, -0.1) is 0 Å². The molecule has 1 aromatic heterocycles. The van der Waals surface area contributed by atoms with Gasteiger partial charge in [0, 0.05) is 16.2 Å². The van der Waals surface area contributed by atoms with E-state index in [4.69, 9.17) is 4.74 Å². The molecule has 2 aliphatic heterocycles. The van der Waals surface area contributed by atoms with Crippen LogP contribution in [0.2, 0.25) is 0 Å². The molecule has 2 unspecified atom stereocenters. The summed E-state index contributed by atoms with van der Waals surface area (Å²) in [6.07, 6.45) is 4.84. The third-order valence-electron chi connectivity index (χ3n) is 3.82. The topological polar surface area (TPSA) is 22.1 Å². The fraction of sp³-hybridized carbons (Fsp3) is 0.267. The second-order valence-corrected chi connectivity index (χ2v) is 5.81. The fourth-order valence-corrected chi connectivity index (χ4v) is 3.18. The van der Waals surface area contributed by atoms with Crippen molar-refractivity contribution in [2.24, 2.45) is 0 Å². The van der Waals surface area contributed by atoms with E-state index in [2.05, 4.69) is 39.1 Å². The van der Waals surface area contributed by atoms with Crippen LogP contribution in [0.5, 0.6) is 0 Å². The molecule has 2 nitrogen and oxygen atoms in total. The summed E-state index contributed by atoms with van der Waals surface area (Å²) >= 11 is 3.41. The van der Waals surface area contributed by atoms with Crippen molar-refractivity contribution >= 4 is 15.9 Å². The Morgan fingerprint density at radius 3 is 2.67 bits per heavy atom. The van der Waals surface area contributed by atoms with Crippen molar-refractivity contribution < 1.29 is 4.74 Å². The molecule has 18 heavy (non-hydrogen) atoms. The largest absolute Gasteiger partial charge is 0.366 e. The van der Waals surface area contributed by atoms with E-state index in [1.807, 2.05) is 18.3 Å². The number of hydrogen-bond acceptors (Lipinski definition) is 2. The first-order valence-electron chi connectivity index (χ1n) is 6.22. The summed E-state index contributed by atoms with van der Waals surface area (Å²) in [6, 6.07) is 10.7. The van der Waals surface area contributed by atoms with Crippen LogP contribution >= 0.6 is 15.9 Å². The highest BCUT2D eigenvalue weighted by atomic mass is 79.9. The number of fused-ring (bicyclic) bond motifs is 5. The molecule has 1 fully saturated rings. The van der Waals surface area contributed by atoms with E-state index < -0.39 is 0 Å². The van der Waals surface area contributed by atoms with Gasteiger partial charge in [0.25, 0.3) is 0 Å². The zero-order valence-electron chi connectivity index (χ0n) is 9.77. The number of benzene rings is 1. The Hall–Kier alpha value is -1.19. The van der Waals surface area contributed by atoms with Gasteiger partial charge in [0.05, 0.1) is 17.9 Å².